The highest BCUT2D eigenvalue weighted by molar-refractivity contribution is 5.92. The quantitative estimate of drug-likeness (QED) is 0.401. The van der Waals surface area contributed by atoms with Crippen LogP contribution < -0.4 is 5.32 Å². The fourth-order valence-electron chi connectivity index (χ4n) is 5.58. The fraction of sp³-hybridized carbons (Fsp3) is 0.370. The zero-order chi connectivity index (χ0) is 24.5. The van der Waals surface area contributed by atoms with Crippen LogP contribution >= 0.6 is 0 Å². The van der Waals surface area contributed by atoms with Crippen molar-refractivity contribution in [2.45, 2.75) is 37.5 Å². The number of carbonyl (C=O) groups excluding carboxylic acids is 2. The zero-order valence-electron chi connectivity index (χ0n) is 19.7. The van der Waals surface area contributed by atoms with Gasteiger partial charge in [-0.2, -0.15) is 0 Å². The van der Waals surface area contributed by atoms with Gasteiger partial charge < -0.3 is 24.2 Å². The first-order valence-electron chi connectivity index (χ1n) is 12.0. The summed E-state index contributed by atoms with van der Waals surface area (Å²) in [5.41, 5.74) is -1.00. The third-order valence-electron chi connectivity index (χ3n) is 7.79. The van der Waals surface area contributed by atoms with Crippen LogP contribution in [-0.4, -0.2) is 58.4 Å². The molecule has 2 bridgehead atoms. The van der Waals surface area contributed by atoms with Gasteiger partial charge in [-0.3, -0.25) is 4.79 Å². The number of esters is 1. The highest BCUT2D eigenvalue weighted by atomic mass is 16.6. The number of amides is 1. The van der Waals surface area contributed by atoms with Gasteiger partial charge in [0.15, 0.2) is 18.0 Å². The van der Waals surface area contributed by atoms with Gasteiger partial charge in [0.25, 0.3) is 5.91 Å². The number of rotatable bonds is 7. The Morgan fingerprint density at radius 3 is 2.20 bits per heavy atom. The molecule has 3 saturated heterocycles. The number of carbonyl (C=O) groups is 2. The molecule has 1 amide bonds. The van der Waals surface area contributed by atoms with Crippen molar-refractivity contribution in [2.24, 2.45) is 5.92 Å². The first kappa shape index (κ1) is 23.3. The molecule has 3 fully saturated rings. The Balaban J connectivity index is 1.37. The van der Waals surface area contributed by atoms with Gasteiger partial charge in [-0.15, -0.1) is 0 Å². The molecule has 0 spiro atoms. The Bertz CT molecular complexity index is 1120. The van der Waals surface area contributed by atoms with E-state index in [4.69, 9.17) is 9.26 Å². The van der Waals surface area contributed by atoms with Crippen LogP contribution in [0.1, 0.15) is 30.9 Å². The molecule has 0 radical (unpaired) electrons. The van der Waals surface area contributed by atoms with Crippen LogP contribution in [0.5, 0.6) is 0 Å². The largest absolute Gasteiger partial charge is 0.453 e. The Morgan fingerprint density at radius 2 is 1.66 bits per heavy atom. The van der Waals surface area contributed by atoms with Gasteiger partial charge in [-0.1, -0.05) is 65.8 Å². The van der Waals surface area contributed by atoms with E-state index in [1.165, 1.54) is 6.26 Å². The highest BCUT2D eigenvalue weighted by Gasteiger charge is 2.53. The summed E-state index contributed by atoms with van der Waals surface area (Å²) in [5.74, 6) is -0.243. The number of quaternary nitrogens is 1. The molecule has 8 nitrogen and oxygen atoms in total. The Kier molecular flexibility index (Phi) is 6.17. The number of nitrogens with one attached hydrogen (secondary N) is 1. The summed E-state index contributed by atoms with van der Waals surface area (Å²) in [5, 5.41) is 18.4. The molecular formula is C27H30N3O5+. The van der Waals surface area contributed by atoms with E-state index in [1.807, 2.05) is 19.1 Å². The first-order valence-corrected chi connectivity index (χ1v) is 12.0. The van der Waals surface area contributed by atoms with E-state index in [-0.39, 0.29) is 24.0 Å². The minimum Gasteiger partial charge on any atom is -0.453 e. The number of benzene rings is 2. The average molecular weight is 477 g/mol. The minimum atomic E-state index is -1.92. The topological polar surface area (TPSA) is 102 Å². The average Bonchev–Trinajstić information content (AvgIpc) is 3.42. The Morgan fingerprint density at radius 1 is 1.06 bits per heavy atom. The number of hydrogen-bond acceptors (Lipinski definition) is 6. The second kappa shape index (κ2) is 9.28. The zero-order valence-corrected chi connectivity index (χ0v) is 19.7. The Hall–Kier alpha value is -3.49. The van der Waals surface area contributed by atoms with Crippen LogP contribution in [-0.2, 0) is 19.9 Å². The number of nitrogens with zero attached hydrogens (tertiary/aromatic N) is 2. The fourth-order valence-corrected chi connectivity index (χ4v) is 5.58. The lowest BCUT2D eigenvalue weighted by Gasteiger charge is -2.54. The monoisotopic (exact) mass is 476 g/mol. The molecule has 3 aromatic rings. The van der Waals surface area contributed by atoms with Gasteiger partial charge in [0.05, 0.1) is 13.1 Å². The number of anilines is 1. The first-order chi connectivity index (χ1) is 16.9. The highest BCUT2D eigenvalue weighted by Crippen LogP contribution is 2.39. The second-order valence-electron chi connectivity index (χ2n) is 9.62. The summed E-state index contributed by atoms with van der Waals surface area (Å²) in [6, 6.07) is 19.0. The van der Waals surface area contributed by atoms with Crippen LogP contribution in [0.2, 0.25) is 0 Å². The molecule has 4 heterocycles. The molecule has 2 atom stereocenters. The number of aliphatic hydroxyl groups is 1. The van der Waals surface area contributed by atoms with Crippen molar-refractivity contribution < 1.29 is 28.4 Å². The molecule has 2 aromatic carbocycles. The van der Waals surface area contributed by atoms with Crippen LogP contribution in [0.25, 0.3) is 0 Å². The molecule has 0 saturated carbocycles. The van der Waals surface area contributed by atoms with Crippen LogP contribution in [0.15, 0.2) is 77.5 Å². The lowest BCUT2D eigenvalue weighted by atomic mass is 9.81. The molecule has 6 rings (SSSR count). The summed E-state index contributed by atoms with van der Waals surface area (Å²) >= 11 is 0. The van der Waals surface area contributed by atoms with E-state index < -0.39 is 11.6 Å². The van der Waals surface area contributed by atoms with E-state index in [9.17, 15) is 14.7 Å². The summed E-state index contributed by atoms with van der Waals surface area (Å²) < 4.78 is 11.4. The second-order valence-corrected chi connectivity index (χ2v) is 9.62. The SMILES string of the molecule is CC(C(=O)Nc1ccon1)[N+]12CCC(CC1)[C@@H](OC(=O)C(O)(c1ccccc1)c1ccccc1)C2. The molecule has 0 aliphatic carbocycles. The predicted octanol–water partition coefficient (Wildman–Crippen LogP) is 3.09. The van der Waals surface area contributed by atoms with E-state index in [0.29, 0.717) is 28.0 Å². The number of fused-ring (bicyclic) bond motifs is 3. The van der Waals surface area contributed by atoms with E-state index in [0.717, 1.165) is 25.9 Å². The molecule has 3 aliphatic rings. The predicted molar refractivity (Wildman–Crippen MR) is 128 cm³/mol. The van der Waals surface area contributed by atoms with Crippen molar-refractivity contribution in [1.29, 1.82) is 0 Å². The molecule has 1 aromatic heterocycles. The molecular weight excluding hydrogens is 446 g/mol. The van der Waals surface area contributed by atoms with Crippen molar-refractivity contribution in [2.75, 3.05) is 25.0 Å². The maximum atomic E-state index is 13.7. The summed E-state index contributed by atoms with van der Waals surface area (Å²) in [6.45, 7) is 4.12. The van der Waals surface area contributed by atoms with Crippen molar-refractivity contribution in [1.82, 2.24) is 5.16 Å². The van der Waals surface area contributed by atoms with Crippen LogP contribution in [0.3, 0.4) is 0 Å². The molecule has 182 valence electrons. The maximum absolute atomic E-state index is 13.7. The van der Waals surface area contributed by atoms with Crippen LogP contribution in [0, 0.1) is 5.92 Å². The van der Waals surface area contributed by atoms with Crippen molar-refractivity contribution in [3.8, 4) is 0 Å². The summed E-state index contributed by atoms with van der Waals surface area (Å²) in [7, 11) is 0. The Labute approximate surface area is 204 Å². The standard InChI is InChI=1S/C27H29N3O5/c1-19(25(31)28-24-14-17-34-29-24)30-15-12-20(13-16-30)23(18-30)35-26(32)27(33,21-8-4-2-5-9-21)22-10-6-3-7-11-22/h2-11,14,17,19-20,23,33H,12-13,15-16,18H2,1H3/p+1/t19?,20?,23-,30?/m0/s1. The van der Waals surface area contributed by atoms with Gasteiger partial charge in [0, 0.05) is 24.8 Å². The number of aromatic nitrogens is 1. The third-order valence-corrected chi connectivity index (χ3v) is 7.79. The van der Waals surface area contributed by atoms with Crippen LogP contribution in [0.4, 0.5) is 5.82 Å². The molecule has 2 N–H and O–H groups in total. The lowest BCUT2D eigenvalue weighted by molar-refractivity contribution is -0.958. The van der Waals surface area contributed by atoms with Gasteiger partial charge >= 0.3 is 5.97 Å². The normalized spacial score (nSPS) is 24.5. The van der Waals surface area contributed by atoms with Gasteiger partial charge in [-0.25, -0.2) is 4.79 Å². The maximum Gasteiger partial charge on any atom is 0.348 e. The van der Waals surface area contributed by atoms with Crippen molar-refractivity contribution >= 4 is 17.7 Å². The van der Waals surface area contributed by atoms with Gasteiger partial charge in [-0.05, 0) is 18.1 Å². The van der Waals surface area contributed by atoms with Crippen molar-refractivity contribution in [3.63, 3.8) is 0 Å². The van der Waals surface area contributed by atoms with Gasteiger partial charge in [0.1, 0.15) is 12.8 Å². The molecule has 3 aliphatic heterocycles. The molecule has 1 unspecified atom stereocenters. The minimum absolute atomic E-state index is 0.144. The van der Waals surface area contributed by atoms with E-state index >= 15 is 0 Å². The smallest absolute Gasteiger partial charge is 0.348 e. The van der Waals surface area contributed by atoms with E-state index in [2.05, 4.69) is 10.5 Å². The third kappa shape index (κ3) is 4.24. The number of ether oxygens (including phenoxy) is 1. The lowest BCUT2D eigenvalue weighted by Crippen LogP contribution is -2.70. The molecule has 8 heteroatoms. The summed E-state index contributed by atoms with van der Waals surface area (Å²) in [4.78, 5) is 26.6. The number of hydrogen-bond donors (Lipinski definition) is 2. The number of piperidine rings is 3. The van der Waals surface area contributed by atoms with Gasteiger partial charge in [0.2, 0.25) is 5.60 Å². The van der Waals surface area contributed by atoms with E-state index in [1.54, 1.807) is 54.6 Å². The molecule has 35 heavy (non-hydrogen) atoms. The van der Waals surface area contributed by atoms with Crippen molar-refractivity contribution in [3.05, 3.63) is 84.1 Å². The summed E-state index contributed by atoms with van der Waals surface area (Å²) in [6.07, 6.45) is 2.74.